The Morgan fingerprint density at radius 1 is 1.55 bits per heavy atom. The maximum Gasteiger partial charge on any atom is 0.265 e. The van der Waals surface area contributed by atoms with Crippen LogP contribution in [-0.2, 0) is 9.59 Å². The van der Waals surface area contributed by atoms with Crippen LogP contribution in [0.5, 0.6) is 5.75 Å². The number of nitrogens with zero attached hydrogens (tertiary/aromatic N) is 1. The van der Waals surface area contributed by atoms with Gasteiger partial charge in [0.15, 0.2) is 6.61 Å². The Bertz CT molecular complexity index is 533. The summed E-state index contributed by atoms with van der Waals surface area (Å²) in [6, 6.07) is 5.10. The quantitative estimate of drug-likeness (QED) is 0.924. The number of ether oxygens (including phenoxy) is 1. The molecule has 1 atom stereocenters. The smallest absolute Gasteiger partial charge is 0.265 e. The van der Waals surface area contributed by atoms with Crippen LogP contribution in [0.4, 0.5) is 5.69 Å². The highest BCUT2D eigenvalue weighted by Crippen LogP contribution is 2.34. The van der Waals surface area contributed by atoms with Crippen LogP contribution in [0.1, 0.15) is 20.3 Å². The molecule has 1 aromatic carbocycles. The minimum atomic E-state index is -0.251. The molecule has 0 unspecified atom stereocenters. The van der Waals surface area contributed by atoms with E-state index in [4.69, 9.17) is 16.3 Å². The normalized spacial score (nSPS) is 15.3. The van der Waals surface area contributed by atoms with Gasteiger partial charge in [-0.05, 0) is 31.5 Å². The monoisotopic (exact) mass is 296 g/mol. The van der Waals surface area contributed by atoms with Crippen molar-refractivity contribution in [2.24, 2.45) is 0 Å². The molecule has 1 heterocycles. The number of amides is 2. The van der Waals surface area contributed by atoms with Crippen molar-refractivity contribution in [2.45, 2.75) is 26.3 Å². The third-order valence-electron chi connectivity index (χ3n) is 3.19. The largest absolute Gasteiger partial charge is 0.482 e. The van der Waals surface area contributed by atoms with Crippen LogP contribution in [0.3, 0.4) is 0 Å². The van der Waals surface area contributed by atoms with E-state index in [9.17, 15) is 9.59 Å². The fourth-order valence-corrected chi connectivity index (χ4v) is 2.08. The van der Waals surface area contributed by atoms with Crippen LogP contribution < -0.4 is 15.0 Å². The van der Waals surface area contributed by atoms with Crippen LogP contribution in [0.15, 0.2) is 18.2 Å². The molecule has 0 radical (unpaired) electrons. The van der Waals surface area contributed by atoms with Crippen LogP contribution in [0, 0.1) is 0 Å². The summed E-state index contributed by atoms with van der Waals surface area (Å²) in [6.07, 6.45) is 0.839. The molecular weight excluding hydrogens is 280 g/mol. The topological polar surface area (TPSA) is 58.6 Å². The van der Waals surface area contributed by atoms with Gasteiger partial charge in [-0.3, -0.25) is 14.5 Å². The third kappa shape index (κ3) is 3.22. The van der Waals surface area contributed by atoms with E-state index < -0.39 is 0 Å². The number of anilines is 1. The van der Waals surface area contributed by atoms with E-state index in [1.54, 1.807) is 18.2 Å². The number of hydrogen-bond donors (Lipinski definition) is 1. The van der Waals surface area contributed by atoms with Gasteiger partial charge in [0.25, 0.3) is 5.91 Å². The van der Waals surface area contributed by atoms with Crippen LogP contribution in [-0.4, -0.2) is 31.0 Å². The van der Waals surface area contributed by atoms with Crippen molar-refractivity contribution in [3.63, 3.8) is 0 Å². The first-order valence-electron chi connectivity index (χ1n) is 6.53. The van der Waals surface area contributed by atoms with Crippen molar-refractivity contribution in [1.29, 1.82) is 0 Å². The second kappa shape index (κ2) is 6.13. The SMILES string of the molecule is CC[C@@H](C)NC(=O)CN1C(=O)COc2ccc(Cl)cc21. The summed E-state index contributed by atoms with van der Waals surface area (Å²) in [7, 11) is 0. The Kier molecular flexibility index (Phi) is 4.49. The average molecular weight is 297 g/mol. The molecule has 0 saturated heterocycles. The van der Waals surface area contributed by atoms with Gasteiger partial charge >= 0.3 is 0 Å². The molecule has 0 aliphatic carbocycles. The highest BCUT2D eigenvalue weighted by Gasteiger charge is 2.27. The van der Waals surface area contributed by atoms with Gasteiger partial charge in [-0.2, -0.15) is 0 Å². The fraction of sp³-hybridized carbons (Fsp3) is 0.429. The lowest BCUT2D eigenvalue weighted by Crippen LogP contribution is -2.46. The van der Waals surface area contributed by atoms with Gasteiger partial charge in [0.05, 0.1) is 5.69 Å². The lowest BCUT2D eigenvalue weighted by Gasteiger charge is -2.29. The first-order valence-corrected chi connectivity index (χ1v) is 6.91. The maximum absolute atomic E-state index is 11.9. The number of rotatable bonds is 4. The third-order valence-corrected chi connectivity index (χ3v) is 3.42. The molecule has 5 nitrogen and oxygen atoms in total. The molecule has 0 spiro atoms. The van der Waals surface area contributed by atoms with Gasteiger partial charge in [0.2, 0.25) is 5.91 Å². The molecule has 2 rings (SSSR count). The van der Waals surface area contributed by atoms with Crippen molar-refractivity contribution in [3.05, 3.63) is 23.2 Å². The summed E-state index contributed by atoms with van der Waals surface area (Å²) in [4.78, 5) is 25.3. The van der Waals surface area contributed by atoms with Crippen LogP contribution in [0.2, 0.25) is 5.02 Å². The molecule has 108 valence electrons. The summed E-state index contributed by atoms with van der Waals surface area (Å²) in [5.41, 5.74) is 0.535. The Balaban J connectivity index is 2.17. The predicted molar refractivity (Wildman–Crippen MR) is 77.2 cm³/mol. The lowest BCUT2D eigenvalue weighted by molar-refractivity contribution is -0.125. The molecule has 20 heavy (non-hydrogen) atoms. The minimum absolute atomic E-state index is 0.0279. The van der Waals surface area contributed by atoms with E-state index in [1.165, 1.54) is 4.90 Å². The molecule has 1 aliphatic rings. The second-order valence-corrected chi connectivity index (χ2v) is 5.19. The van der Waals surface area contributed by atoms with Gasteiger partial charge in [-0.1, -0.05) is 18.5 Å². The van der Waals surface area contributed by atoms with E-state index in [2.05, 4.69) is 5.32 Å². The molecule has 0 saturated carbocycles. The lowest BCUT2D eigenvalue weighted by atomic mass is 10.2. The van der Waals surface area contributed by atoms with Gasteiger partial charge in [-0.15, -0.1) is 0 Å². The van der Waals surface area contributed by atoms with Crippen molar-refractivity contribution in [1.82, 2.24) is 5.32 Å². The van der Waals surface area contributed by atoms with Gasteiger partial charge in [0.1, 0.15) is 12.3 Å². The van der Waals surface area contributed by atoms with Crippen molar-refractivity contribution < 1.29 is 14.3 Å². The standard InChI is InChI=1S/C14H17ClN2O3/c1-3-9(2)16-13(18)7-17-11-6-10(15)4-5-12(11)20-8-14(17)19/h4-6,9H,3,7-8H2,1-2H3,(H,16,18)/t9-/m1/s1. The first-order chi connectivity index (χ1) is 9.51. The fourth-order valence-electron chi connectivity index (χ4n) is 1.91. The highest BCUT2D eigenvalue weighted by atomic mass is 35.5. The van der Waals surface area contributed by atoms with E-state index in [0.29, 0.717) is 16.5 Å². The Hall–Kier alpha value is -1.75. The van der Waals surface area contributed by atoms with Gasteiger partial charge in [-0.25, -0.2) is 0 Å². The Morgan fingerprint density at radius 2 is 2.30 bits per heavy atom. The predicted octanol–water partition coefficient (Wildman–Crippen LogP) is 1.98. The average Bonchev–Trinajstić information content (AvgIpc) is 2.42. The minimum Gasteiger partial charge on any atom is -0.482 e. The van der Waals surface area contributed by atoms with E-state index in [1.807, 2.05) is 13.8 Å². The Morgan fingerprint density at radius 3 is 3.00 bits per heavy atom. The molecule has 1 aliphatic heterocycles. The first kappa shape index (κ1) is 14.7. The van der Waals surface area contributed by atoms with Gasteiger partial charge in [0, 0.05) is 11.1 Å². The molecule has 1 N–H and O–H groups in total. The molecule has 1 aromatic rings. The van der Waals surface area contributed by atoms with E-state index in [0.717, 1.165) is 6.42 Å². The zero-order valence-corrected chi connectivity index (χ0v) is 12.2. The molecule has 0 fully saturated rings. The maximum atomic E-state index is 11.9. The zero-order chi connectivity index (χ0) is 14.7. The Labute approximate surface area is 122 Å². The van der Waals surface area contributed by atoms with Crippen LogP contribution >= 0.6 is 11.6 Å². The number of benzene rings is 1. The molecule has 6 heteroatoms. The van der Waals surface area contributed by atoms with Gasteiger partial charge < -0.3 is 10.1 Å². The van der Waals surface area contributed by atoms with E-state index in [-0.39, 0.29) is 31.0 Å². The number of carbonyl (C=O) groups excluding carboxylic acids is 2. The molecule has 0 bridgehead atoms. The second-order valence-electron chi connectivity index (χ2n) is 4.76. The summed E-state index contributed by atoms with van der Waals surface area (Å²) in [6.45, 7) is 3.81. The highest BCUT2D eigenvalue weighted by molar-refractivity contribution is 6.31. The van der Waals surface area contributed by atoms with Crippen LogP contribution in [0.25, 0.3) is 0 Å². The summed E-state index contributed by atoms with van der Waals surface area (Å²) < 4.78 is 5.32. The number of halogens is 1. The molecule has 2 amide bonds. The molecule has 0 aromatic heterocycles. The number of hydrogen-bond acceptors (Lipinski definition) is 3. The number of nitrogens with one attached hydrogen (secondary N) is 1. The number of carbonyl (C=O) groups is 2. The summed E-state index contributed by atoms with van der Waals surface area (Å²) in [5.74, 6) is 0.116. The van der Waals surface area contributed by atoms with Crippen molar-refractivity contribution >= 4 is 29.1 Å². The number of fused-ring (bicyclic) bond motifs is 1. The summed E-state index contributed by atoms with van der Waals surface area (Å²) in [5, 5.41) is 3.33. The van der Waals surface area contributed by atoms with Crippen molar-refractivity contribution in [3.8, 4) is 5.75 Å². The van der Waals surface area contributed by atoms with Crippen molar-refractivity contribution in [2.75, 3.05) is 18.1 Å². The molecular formula is C14H17ClN2O3. The summed E-state index contributed by atoms with van der Waals surface area (Å²) >= 11 is 5.94. The zero-order valence-electron chi connectivity index (χ0n) is 11.5. The van der Waals surface area contributed by atoms with E-state index >= 15 is 0 Å².